The Morgan fingerprint density at radius 3 is 2.85 bits per heavy atom. The fraction of sp³-hybridized carbons (Fsp3) is 0.286. The Balaban J connectivity index is 2.11. The molecule has 0 aromatic heterocycles. The minimum absolute atomic E-state index is 0.0232. The monoisotopic (exact) mass is 278 g/mol. The molecule has 1 aromatic rings. The van der Waals surface area contributed by atoms with Crippen LogP contribution in [0.4, 0.5) is 14.5 Å². The molecule has 1 fully saturated rings. The van der Waals surface area contributed by atoms with Crippen LogP contribution in [0.1, 0.15) is 6.42 Å². The Morgan fingerprint density at radius 2 is 2.20 bits per heavy atom. The van der Waals surface area contributed by atoms with Crippen molar-refractivity contribution in [1.82, 2.24) is 5.32 Å². The maximum absolute atomic E-state index is 13.2. The summed E-state index contributed by atoms with van der Waals surface area (Å²) in [5.41, 5.74) is 0.237. The molecule has 1 N–H and O–H groups in total. The third kappa shape index (κ3) is 2.77. The molecule has 1 aliphatic rings. The van der Waals surface area contributed by atoms with Crippen molar-refractivity contribution < 1.29 is 18.4 Å². The number of amides is 2. The molecule has 1 aliphatic heterocycles. The molecule has 6 heteroatoms. The molecule has 1 saturated heterocycles. The lowest BCUT2D eigenvalue weighted by Crippen LogP contribution is -2.33. The summed E-state index contributed by atoms with van der Waals surface area (Å²) in [6.45, 7) is 0.217. The molecule has 0 aliphatic carbocycles. The predicted molar refractivity (Wildman–Crippen MR) is 68.7 cm³/mol. The summed E-state index contributed by atoms with van der Waals surface area (Å²) >= 11 is 0. The third-order valence-electron chi connectivity index (χ3n) is 3.08. The number of anilines is 1. The van der Waals surface area contributed by atoms with Crippen LogP contribution in [0.2, 0.25) is 0 Å². The van der Waals surface area contributed by atoms with Gasteiger partial charge in [-0.05, 0) is 12.1 Å². The van der Waals surface area contributed by atoms with Crippen LogP contribution in [0.3, 0.4) is 0 Å². The first-order valence-corrected chi connectivity index (χ1v) is 5.99. The van der Waals surface area contributed by atoms with Crippen molar-refractivity contribution in [3.8, 4) is 12.3 Å². The van der Waals surface area contributed by atoms with Gasteiger partial charge in [-0.1, -0.05) is 5.92 Å². The zero-order valence-electron chi connectivity index (χ0n) is 10.5. The number of nitrogens with one attached hydrogen (secondary N) is 1. The van der Waals surface area contributed by atoms with Gasteiger partial charge in [0, 0.05) is 24.7 Å². The van der Waals surface area contributed by atoms with Crippen LogP contribution in [0.25, 0.3) is 0 Å². The average molecular weight is 278 g/mol. The van der Waals surface area contributed by atoms with E-state index < -0.39 is 17.6 Å². The number of hydrogen-bond donors (Lipinski definition) is 1. The molecule has 1 heterocycles. The maximum atomic E-state index is 13.2. The van der Waals surface area contributed by atoms with Crippen LogP contribution in [0.5, 0.6) is 0 Å². The predicted octanol–water partition coefficient (Wildman–Crippen LogP) is 1.07. The van der Waals surface area contributed by atoms with Crippen LogP contribution >= 0.6 is 0 Å². The number of benzene rings is 1. The van der Waals surface area contributed by atoms with Crippen LogP contribution in [-0.2, 0) is 9.59 Å². The summed E-state index contributed by atoms with van der Waals surface area (Å²) in [7, 11) is 0. The average Bonchev–Trinajstić information content (AvgIpc) is 2.81. The van der Waals surface area contributed by atoms with Gasteiger partial charge < -0.3 is 10.2 Å². The number of hydrogen-bond acceptors (Lipinski definition) is 2. The van der Waals surface area contributed by atoms with Crippen LogP contribution < -0.4 is 10.2 Å². The van der Waals surface area contributed by atoms with E-state index in [0.29, 0.717) is 0 Å². The van der Waals surface area contributed by atoms with E-state index in [1.165, 1.54) is 11.0 Å². The lowest BCUT2D eigenvalue weighted by atomic mass is 10.1. The highest BCUT2D eigenvalue weighted by molar-refractivity contribution is 6.00. The first kappa shape index (κ1) is 14.0. The van der Waals surface area contributed by atoms with E-state index in [9.17, 15) is 18.4 Å². The van der Waals surface area contributed by atoms with E-state index in [-0.39, 0.29) is 37.0 Å². The summed E-state index contributed by atoms with van der Waals surface area (Å²) in [6.07, 6.45) is 5.06. The van der Waals surface area contributed by atoms with Crippen molar-refractivity contribution in [3.63, 3.8) is 0 Å². The van der Waals surface area contributed by atoms with Gasteiger partial charge in [0.15, 0.2) is 11.6 Å². The van der Waals surface area contributed by atoms with Crippen molar-refractivity contribution in [1.29, 1.82) is 0 Å². The lowest BCUT2D eigenvalue weighted by molar-refractivity contribution is -0.126. The summed E-state index contributed by atoms with van der Waals surface area (Å²) < 4.78 is 26.0. The molecule has 2 rings (SSSR count). The Bertz CT molecular complexity index is 595. The van der Waals surface area contributed by atoms with Crippen molar-refractivity contribution in [2.24, 2.45) is 5.92 Å². The second kappa shape index (κ2) is 5.70. The molecule has 20 heavy (non-hydrogen) atoms. The Morgan fingerprint density at radius 1 is 1.45 bits per heavy atom. The highest BCUT2D eigenvalue weighted by Gasteiger charge is 2.35. The lowest BCUT2D eigenvalue weighted by Gasteiger charge is -2.16. The Labute approximate surface area is 114 Å². The molecule has 0 radical (unpaired) electrons. The first-order chi connectivity index (χ1) is 9.52. The second-order valence-corrected chi connectivity index (χ2v) is 4.43. The SMILES string of the molecule is C#CCNC(=O)[C@@H]1CC(=O)N(c2ccc(F)c(F)c2)C1. The summed E-state index contributed by atoms with van der Waals surface area (Å²) in [5.74, 6) is -0.911. The maximum Gasteiger partial charge on any atom is 0.227 e. The number of halogens is 2. The standard InChI is InChI=1S/C14H12F2N2O2/c1-2-5-17-14(20)9-6-13(19)18(8-9)10-3-4-11(15)12(16)7-10/h1,3-4,7,9H,5-6,8H2,(H,17,20)/t9-/m1/s1. The summed E-state index contributed by atoms with van der Waals surface area (Å²) in [5, 5.41) is 2.50. The topological polar surface area (TPSA) is 49.4 Å². The second-order valence-electron chi connectivity index (χ2n) is 4.43. The minimum atomic E-state index is -1.03. The molecule has 1 aromatic carbocycles. The number of terminal acetylenes is 1. The van der Waals surface area contributed by atoms with Crippen molar-refractivity contribution in [2.75, 3.05) is 18.0 Å². The Hall–Kier alpha value is -2.42. The van der Waals surface area contributed by atoms with Gasteiger partial charge in [-0.3, -0.25) is 9.59 Å². The zero-order valence-corrected chi connectivity index (χ0v) is 10.5. The quantitative estimate of drug-likeness (QED) is 0.841. The van der Waals surface area contributed by atoms with Crippen LogP contribution in [0, 0.1) is 29.9 Å². The highest BCUT2D eigenvalue weighted by atomic mass is 19.2. The van der Waals surface area contributed by atoms with E-state index in [0.717, 1.165) is 12.1 Å². The van der Waals surface area contributed by atoms with Gasteiger partial charge in [0.05, 0.1) is 12.5 Å². The molecule has 0 unspecified atom stereocenters. The van der Waals surface area contributed by atoms with E-state index in [1.54, 1.807) is 0 Å². The smallest absolute Gasteiger partial charge is 0.227 e. The fourth-order valence-electron chi connectivity index (χ4n) is 2.07. The molecule has 0 spiro atoms. The third-order valence-corrected chi connectivity index (χ3v) is 3.08. The van der Waals surface area contributed by atoms with Gasteiger partial charge in [0.25, 0.3) is 0 Å². The molecule has 2 amide bonds. The van der Waals surface area contributed by atoms with E-state index in [2.05, 4.69) is 11.2 Å². The van der Waals surface area contributed by atoms with Gasteiger partial charge in [-0.15, -0.1) is 6.42 Å². The van der Waals surface area contributed by atoms with Gasteiger partial charge in [0.1, 0.15) is 0 Å². The number of carbonyl (C=O) groups is 2. The van der Waals surface area contributed by atoms with E-state index >= 15 is 0 Å². The summed E-state index contributed by atoms with van der Waals surface area (Å²) in [4.78, 5) is 24.8. The molecule has 4 nitrogen and oxygen atoms in total. The molecule has 1 atom stereocenters. The van der Waals surface area contributed by atoms with Crippen molar-refractivity contribution in [3.05, 3.63) is 29.8 Å². The first-order valence-electron chi connectivity index (χ1n) is 5.99. The van der Waals surface area contributed by atoms with Crippen molar-refractivity contribution >= 4 is 17.5 Å². The normalized spacial score (nSPS) is 17.9. The van der Waals surface area contributed by atoms with Gasteiger partial charge >= 0.3 is 0 Å². The largest absolute Gasteiger partial charge is 0.345 e. The minimum Gasteiger partial charge on any atom is -0.345 e. The number of nitrogens with zero attached hydrogens (tertiary/aromatic N) is 1. The molecule has 0 bridgehead atoms. The van der Waals surface area contributed by atoms with E-state index in [4.69, 9.17) is 6.42 Å². The fourth-order valence-corrected chi connectivity index (χ4v) is 2.07. The van der Waals surface area contributed by atoms with Crippen molar-refractivity contribution in [2.45, 2.75) is 6.42 Å². The number of carbonyl (C=O) groups excluding carboxylic acids is 2. The molecular weight excluding hydrogens is 266 g/mol. The Kier molecular flexibility index (Phi) is 3.99. The van der Waals surface area contributed by atoms with Crippen LogP contribution in [0.15, 0.2) is 18.2 Å². The highest BCUT2D eigenvalue weighted by Crippen LogP contribution is 2.26. The van der Waals surface area contributed by atoms with Gasteiger partial charge in [-0.2, -0.15) is 0 Å². The van der Waals surface area contributed by atoms with Gasteiger partial charge in [-0.25, -0.2) is 8.78 Å². The molecular formula is C14H12F2N2O2. The van der Waals surface area contributed by atoms with Gasteiger partial charge in [0.2, 0.25) is 11.8 Å². The molecule has 104 valence electrons. The number of rotatable bonds is 3. The summed E-state index contributed by atoms with van der Waals surface area (Å²) in [6, 6.07) is 3.19. The van der Waals surface area contributed by atoms with E-state index in [1.807, 2.05) is 0 Å². The van der Waals surface area contributed by atoms with Crippen LogP contribution in [-0.4, -0.2) is 24.9 Å². The molecule has 0 saturated carbocycles. The zero-order chi connectivity index (χ0) is 14.7.